The number of aromatic nitrogens is 2. The summed E-state index contributed by atoms with van der Waals surface area (Å²) >= 11 is 1.85. The minimum atomic E-state index is 0.173. The van der Waals surface area contributed by atoms with E-state index < -0.39 is 0 Å². The summed E-state index contributed by atoms with van der Waals surface area (Å²) in [6.07, 6.45) is 3.22. The molecule has 0 aliphatic heterocycles. The van der Waals surface area contributed by atoms with Crippen LogP contribution in [-0.4, -0.2) is 22.1 Å². The van der Waals surface area contributed by atoms with Gasteiger partial charge in [0.15, 0.2) is 0 Å². The summed E-state index contributed by atoms with van der Waals surface area (Å²) < 4.78 is 0. The topological polar surface area (TPSA) is 40.7 Å². The number of thiophene rings is 1. The van der Waals surface area contributed by atoms with Gasteiger partial charge in [0.25, 0.3) is 0 Å². The Labute approximate surface area is 118 Å². The summed E-state index contributed by atoms with van der Waals surface area (Å²) in [5.74, 6) is 1.11. The zero-order chi connectivity index (χ0) is 13.5. The molecular formula is C15H21N3S. The Bertz CT molecular complexity index is 574. The molecule has 3 nitrogen and oxygen atoms in total. The molecule has 0 unspecified atom stereocenters. The first kappa shape index (κ1) is 12.9. The third-order valence-electron chi connectivity index (χ3n) is 3.45. The van der Waals surface area contributed by atoms with E-state index >= 15 is 0 Å². The second-order valence-corrected chi connectivity index (χ2v) is 7.20. The maximum atomic E-state index is 4.80. The molecule has 0 radical (unpaired) electrons. The quantitative estimate of drug-likeness (QED) is 0.903. The van der Waals surface area contributed by atoms with Crippen LogP contribution in [-0.2, 0) is 19.3 Å². The Morgan fingerprint density at radius 3 is 3.00 bits per heavy atom. The van der Waals surface area contributed by atoms with E-state index in [4.69, 9.17) is 4.98 Å². The summed E-state index contributed by atoms with van der Waals surface area (Å²) in [5.41, 5.74) is 4.02. The largest absolute Gasteiger partial charge is 0.345 e. The minimum Gasteiger partial charge on any atom is -0.345 e. The Kier molecular flexibility index (Phi) is 3.23. The molecule has 3 rings (SSSR count). The Balaban J connectivity index is 1.74. The van der Waals surface area contributed by atoms with E-state index in [9.17, 15) is 0 Å². The molecule has 0 bridgehead atoms. The summed E-state index contributed by atoms with van der Waals surface area (Å²) in [6.45, 7) is 7.54. The Hall–Kier alpha value is -1.13. The molecule has 1 aliphatic rings. The van der Waals surface area contributed by atoms with Crippen LogP contribution >= 0.6 is 11.3 Å². The lowest BCUT2D eigenvalue weighted by Gasteiger charge is -2.19. The highest BCUT2D eigenvalue weighted by atomic mass is 32.1. The number of fused-ring (bicyclic) bond motifs is 3. The molecule has 1 aliphatic carbocycles. The maximum Gasteiger partial charge on any atom is 0.108 e. The molecule has 0 amide bonds. The van der Waals surface area contributed by atoms with Gasteiger partial charge in [0.05, 0.1) is 5.69 Å². The van der Waals surface area contributed by atoms with Gasteiger partial charge in [-0.2, -0.15) is 0 Å². The fraction of sp³-hybridized carbons (Fsp3) is 0.533. The maximum absolute atomic E-state index is 4.80. The van der Waals surface area contributed by atoms with Gasteiger partial charge in [0.2, 0.25) is 0 Å². The van der Waals surface area contributed by atoms with Crippen molar-refractivity contribution in [1.82, 2.24) is 15.3 Å². The van der Waals surface area contributed by atoms with Crippen molar-refractivity contribution >= 4 is 11.3 Å². The third kappa shape index (κ3) is 2.74. The van der Waals surface area contributed by atoms with Crippen molar-refractivity contribution < 1.29 is 0 Å². The number of aryl methyl sites for hydroxylation is 2. The highest BCUT2D eigenvalue weighted by Gasteiger charge is 2.21. The van der Waals surface area contributed by atoms with Crippen molar-refractivity contribution in [2.24, 2.45) is 0 Å². The molecule has 0 spiro atoms. The summed E-state index contributed by atoms with van der Waals surface area (Å²) in [7, 11) is 0. The third-order valence-corrected chi connectivity index (χ3v) is 4.43. The monoisotopic (exact) mass is 275 g/mol. The summed E-state index contributed by atoms with van der Waals surface area (Å²) in [6, 6.07) is 2.20. The smallest absolute Gasteiger partial charge is 0.108 e. The summed E-state index contributed by atoms with van der Waals surface area (Å²) in [5, 5.41) is 5.68. The first-order valence-corrected chi connectivity index (χ1v) is 7.80. The number of rotatable bonds is 3. The van der Waals surface area contributed by atoms with Crippen LogP contribution in [0.1, 0.15) is 37.2 Å². The number of H-pyrrole nitrogens is 1. The molecule has 2 aromatic rings. The molecule has 102 valence electrons. The van der Waals surface area contributed by atoms with Crippen molar-refractivity contribution in [3.63, 3.8) is 0 Å². The number of hydrogen-bond acceptors (Lipinski definition) is 3. The van der Waals surface area contributed by atoms with Crippen molar-refractivity contribution in [1.29, 1.82) is 0 Å². The van der Waals surface area contributed by atoms with Gasteiger partial charge in [0.1, 0.15) is 5.82 Å². The van der Waals surface area contributed by atoms with E-state index in [1.54, 1.807) is 0 Å². The van der Waals surface area contributed by atoms with E-state index in [1.807, 2.05) is 11.3 Å². The second kappa shape index (κ2) is 4.76. The predicted octanol–water partition coefficient (Wildman–Crippen LogP) is 3.17. The van der Waals surface area contributed by atoms with Gasteiger partial charge < -0.3 is 10.3 Å². The van der Waals surface area contributed by atoms with Gasteiger partial charge >= 0.3 is 0 Å². The molecule has 0 atom stereocenters. The van der Waals surface area contributed by atoms with Crippen LogP contribution < -0.4 is 5.32 Å². The zero-order valence-electron chi connectivity index (χ0n) is 11.8. The molecular weight excluding hydrogens is 254 g/mol. The van der Waals surface area contributed by atoms with Gasteiger partial charge in [-0.1, -0.05) is 0 Å². The van der Waals surface area contributed by atoms with Crippen LogP contribution in [0.3, 0.4) is 0 Å². The normalized spacial score (nSPS) is 14.3. The van der Waals surface area contributed by atoms with E-state index in [2.05, 4.69) is 42.5 Å². The van der Waals surface area contributed by atoms with E-state index in [-0.39, 0.29) is 5.54 Å². The molecule has 2 heterocycles. The number of hydrogen-bond donors (Lipinski definition) is 2. The number of nitrogens with zero attached hydrogens (tertiary/aromatic N) is 1. The van der Waals surface area contributed by atoms with Crippen LogP contribution in [0.25, 0.3) is 11.3 Å². The van der Waals surface area contributed by atoms with E-state index in [0.29, 0.717) is 0 Å². The molecule has 0 fully saturated rings. The standard InChI is InChI=1S/C15H21N3S/c1-15(2,3)16-8-6-13-17-11-4-5-12-10(7-9-19-12)14(11)18-13/h7,9,16H,4-6,8H2,1-3H3,(H,17,18). The second-order valence-electron chi connectivity index (χ2n) is 6.19. The van der Waals surface area contributed by atoms with Gasteiger partial charge in [0, 0.05) is 34.6 Å². The van der Waals surface area contributed by atoms with Crippen molar-refractivity contribution in [3.05, 3.63) is 27.8 Å². The molecule has 0 saturated heterocycles. The molecule has 2 aromatic heterocycles. The molecule has 2 N–H and O–H groups in total. The lowest BCUT2D eigenvalue weighted by Crippen LogP contribution is -2.37. The molecule has 19 heavy (non-hydrogen) atoms. The van der Waals surface area contributed by atoms with Crippen LogP contribution in [0.5, 0.6) is 0 Å². The number of nitrogens with one attached hydrogen (secondary N) is 2. The number of aromatic amines is 1. The fourth-order valence-electron chi connectivity index (χ4n) is 2.53. The van der Waals surface area contributed by atoms with Gasteiger partial charge in [-0.15, -0.1) is 11.3 Å². The van der Waals surface area contributed by atoms with Gasteiger partial charge in [-0.05, 0) is 45.1 Å². The average Bonchev–Trinajstić information content (AvgIpc) is 2.90. The van der Waals surface area contributed by atoms with Crippen molar-refractivity contribution in [2.75, 3.05) is 6.54 Å². The molecule has 4 heteroatoms. The van der Waals surface area contributed by atoms with Crippen LogP contribution in [0.4, 0.5) is 0 Å². The molecule has 0 aromatic carbocycles. The Morgan fingerprint density at radius 1 is 1.37 bits per heavy atom. The fourth-order valence-corrected chi connectivity index (χ4v) is 3.41. The first-order valence-electron chi connectivity index (χ1n) is 6.92. The van der Waals surface area contributed by atoms with Crippen LogP contribution in [0, 0.1) is 0 Å². The van der Waals surface area contributed by atoms with Crippen molar-refractivity contribution in [3.8, 4) is 11.3 Å². The van der Waals surface area contributed by atoms with Crippen LogP contribution in [0.15, 0.2) is 11.4 Å². The van der Waals surface area contributed by atoms with Gasteiger partial charge in [-0.3, -0.25) is 0 Å². The van der Waals surface area contributed by atoms with Gasteiger partial charge in [-0.25, -0.2) is 4.98 Å². The lowest BCUT2D eigenvalue weighted by atomic mass is 10.0. The van der Waals surface area contributed by atoms with E-state index in [0.717, 1.165) is 31.6 Å². The minimum absolute atomic E-state index is 0.173. The highest BCUT2D eigenvalue weighted by Crippen LogP contribution is 2.35. The SMILES string of the molecule is CC(C)(C)NCCc1nc2c([nH]1)CCc1sccc1-2. The Morgan fingerprint density at radius 2 is 2.21 bits per heavy atom. The van der Waals surface area contributed by atoms with Crippen molar-refractivity contribution in [2.45, 2.75) is 45.6 Å². The highest BCUT2D eigenvalue weighted by molar-refractivity contribution is 7.10. The lowest BCUT2D eigenvalue weighted by molar-refractivity contribution is 0.427. The number of imidazole rings is 1. The zero-order valence-corrected chi connectivity index (χ0v) is 12.7. The average molecular weight is 275 g/mol. The molecule has 0 saturated carbocycles. The summed E-state index contributed by atoms with van der Waals surface area (Å²) in [4.78, 5) is 9.78. The predicted molar refractivity (Wildman–Crippen MR) is 80.8 cm³/mol. The first-order chi connectivity index (χ1) is 9.03. The van der Waals surface area contributed by atoms with E-state index in [1.165, 1.54) is 21.8 Å². The van der Waals surface area contributed by atoms with Crippen LogP contribution in [0.2, 0.25) is 0 Å².